The smallest absolute Gasteiger partial charge is 0.312 e. The maximum Gasteiger partial charge on any atom is 0.312 e. The van der Waals surface area contributed by atoms with E-state index < -0.39 is 8.32 Å². The van der Waals surface area contributed by atoms with E-state index in [9.17, 15) is 0 Å². The highest BCUT2D eigenvalue weighted by Gasteiger charge is 2.37. The molecule has 0 aliphatic heterocycles. The molecule has 0 N–H and O–H groups in total. The van der Waals surface area contributed by atoms with Gasteiger partial charge in [-0.05, 0) is 30.3 Å². The fourth-order valence-corrected chi connectivity index (χ4v) is 2.21. The second kappa shape index (κ2) is 5.72. The third-order valence-corrected chi connectivity index (χ3v) is 8.09. The van der Waals surface area contributed by atoms with Crippen LogP contribution in [0.3, 0.4) is 0 Å². The first-order chi connectivity index (χ1) is 8.71. The lowest BCUT2D eigenvalue weighted by molar-refractivity contribution is 0.272. The summed E-state index contributed by atoms with van der Waals surface area (Å²) in [7, 11) is -0.247. The van der Waals surface area contributed by atoms with Crippen LogP contribution in [0, 0.1) is 6.57 Å². The number of methoxy groups -OCH3 is 1. The maximum atomic E-state index is 7.09. The Morgan fingerprint density at radius 2 is 1.95 bits per heavy atom. The number of pyridine rings is 1. The molecule has 1 heterocycles. The van der Waals surface area contributed by atoms with Gasteiger partial charge >= 0.3 is 5.82 Å². The molecule has 0 fully saturated rings. The fraction of sp³-hybridized carbons (Fsp3) is 0.571. The largest absolute Gasteiger partial charge is 0.506 e. The normalized spacial score (nSPS) is 12.1. The Bertz CT molecular complexity index is 487. The molecule has 19 heavy (non-hydrogen) atoms. The van der Waals surface area contributed by atoms with E-state index >= 15 is 0 Å². The SMILES string of the molecule is [C-]#[N+]c1nc(CO[Si](C)(C)C(C)(C)C)ccc1OC. The Labute approximate surface area is 116 Å². The van der Waals surface area contributed by atoms with Crippen molar-refractivity contribution in [1.82, 2.24) is 4.98 Å². The van der Waals surface area contributed by atoms with Gasteiger partial charge < -0.3 is 14.0 Å². The lowest BCUT2D eigenvalue weighted by atomic mass is 10.2. The number of rotatable bonds is 4. The first kappa shape index (κ1) is 15.7. The molecule has 1 aromatic heterocycles. The van der Waals surface area contributed by atoms with Gasteiger partial charge in [0.2, 0.25) is 0 Å². The molecule has 0 aromatic carbocycles. The molecule has 0 saturated carbocycles. The summed E-state index contributed by atoms with van der Waals surface area (Å²) in [5, 5.41) is 0.169. The van der Waals surface area contributed by atoms with Crippen molar-refractivity contribution in [2.24, 2.45) is 0 Å². The molecular weight excluding hydrogens is 256 g/mol. The van der Waals surface area contributed by atoms with Gasteiger partial charge in [-0.3, -0.25) is 0 Å². The van der Waals surface area contributed by atoms with Crippen molar-refractivity contribution < 1.29 is 9.16 Å². The summed E-state index contributed by atoms with van der Waals surface area (Å²) in [6.45, 7) is 18.5. The summed E-state index contributed by atoms with van der Waals surface area (Å²) in [5.74, 6) is 0.796. The van der Waals surface area contributed by atoms with Crippen LogP contribution in [0.2, 0.25) is 18.1 Å². The van der Waals surface area contributed by atoms with Gasteiger partial charge in [0.15, 0.2) is 14.0 Å². The molecule has 1 aromatic rings. The van der Waals surface area contributed by atoms with Crippen molar-refractivity contribution >= 4 is 14.1 Å². The van der Waals surface area contributed by atoms with Gasteiger partial charge in [-0.2, -0.15) is 0 Å². The third-order valence-electron chi connectivity index (χ3n) is 3.61. The minimum Gasteiger partial charge on any atom is -0.506 e. The Morgan fingerprint density at radius 3 is 2.42 bits per heavy atom. The van der Waals surface area contributed by atoms with Gasteiger partial charge in [0.25, 0.3) is 0 Å². The standard InChI is InChI=1S/C14H22N2O2Si/c1-14(2,3)19(6,7)18-10-11-8-9-12(17-5)13(15-4)16-11/h8-9H,10H2,1-3,5-7H3. The van der Waals surface area contributed by atoms with Crippen molar-refractivity contribution in [3.8, 4) is 5.75 Å². The summed E-state index contributed by atoms with van der Waals surface area (Å²) in [5.41, 5.74) is 0.775. The van der Waals surface area contributed by atoms with E-state index in [4.69, 9.17) is 15.7 Å². The van der Waals surface area contributed by atoms with Gasteiger partial charge in [0.1, 0.15) is 5.75 Å². The second-order valence-electron chi connectivity index (χ2n) is 5.99. The van der Waals surface area contributed by atoms with E-state index in [2.05, 4.69) is 43.7 Å². The quantitative estimate of drug-likeness (QED) is 0.613. The van der Waals surface area contributed by atoms with Crippen LogP contribution in [0.1, 0.15) is 26.5 Å². The van der Waals surface area contributed by atoms with Gasteiger partial charge in [0, 0.05) is 0 Å². The lowest BCUT2D eigenvalue weighted by Gasteiger charge is -2.35. The van der Waals surface area contributed by atoms with Crippen molar-refractivity contribution in [2.45, 2.75) is 45.5 Å². The second-order valence-corrected chi connectivity index (χ2v) is 10.8. The summed E-state index contributed by atoms with van der Waals surface area (Å²) in [4.78, 5) is 7.63. The molecule has 5 heteroatoms. The van der Waals surface area contributed by atoms with Crippen LogP contribution in [0.5, 0.6) is 5.75 Å². The number of ether oxygens (including phenoxy) is 1. The Kier molecular flexibility index (Phi) is 4.72. The molecule has 0 aliphatic rings. The Hall–Kier alpha value is -1.38. The molecule has 0 radical (unpaired) electrons. The number of nitrogens with zero attached hydrogens (tertiary/aromatic N) is 2. The van der Waals surface area contributed by atoms with Crippen LogP contribution in [0.25, 0.3) is 4.85 Å². The summed E-state index contributed by atoms with van der Waals surface area (Å²) >= 11 is 0. The first-order valence-corrected chi connectivity index (χ1v) is 9.17. The highest BCUT2D eigenvalue weighted by Crippen LogP contribution is 2.37. The van der Waals surface area contributed by atoms with E-state index in [-0.39, 0.29) is 5.04 Å². The Morgan fingerprint density at radius 1 is 1.32 bits per heavy atom. The number of hydrogen-bond donors (Lipinski definition) is 0. The lowest BCUT2D eigenvalue weighted by Crippen LogP contribution is -2.40. The van der Waals surface area contributed by atoms with E-state index in [1.807, 2.05) is 6.07 Å². The molecule has 104 valence electrons. The average Bonchev–Trinajstić information content (AvgIpc) is 2.34. The maximum absolute atomic E-state index is 7.09. The van der Waals surface area contributed by atoms with Crippen LogP contribution >= 0.6 is 0 Å². The minimum absolute atomic E-state index is 0.169. The molecule has 0 atom stereocenters. The molecule has 0 saturated heterocycles. The van der Waals surface area contributed by atoms with Crippen molar-refractivity contribution in [1.29, 1.82) is 0 Å². The third kappa shape index (κ3) is 3.79. The van der Waals surface area contributed by atoms with Crippen LogP contribution in [0.4, 0.5) is 5.82 Å². The monoisotopic (exact) mass is 278 g/mol. The summed E-state index contributed by atoms with van der Waals surface area (Å²) in [6.07, 6.45) is 0. The zero-order valence-electron chi connectivity index (χ0n) is 12.6. The van der Waals surface area contributed by atoms with E-state index in [0.717, 1.165) is 5.69 Å². The highest BCUT2D eigenvalue weighted by atomic mass is 28.4. The van der Waals surface area contributed by atoms with Gasteiger partial charge in [-0.15, -0.1) is 4.98 Å². The van der Waals surface area contributed by atoms with E-state index in [1.54, 1.807) is 6.07 Å². The van der Waals surface area contributed by atoms with Crippen molar-refractivity contribution in [2.75, 3.05) is 7.11 Å². The van der Waals surface area contributed by atoms with Gasteiger partial charge in [-0.25, -0.2) is 0 Å². The van der Waals surface area contributed by atoms with Crippen LogP contribution in [-0.4, -0.2) is 20.4 Å². The molecule has 0 bridgehead atoms. The minimum atomic E-state index is -1.79. The zero-order chi connectivity index (χ0) is 14.7. The van der Waals surface area contributed by atoms with Crippen LogP contribution in [-0.2, 0) is 11.0 Å². The van der Waals surface area contributed by atoms with Crippen molar-refractivity contribution in [3.05, 3.63) is 29.2 Å². The van der Waals surface area contributed by atoms with Crippen LogP contribution < -0.4 is 4.74 Å². The molecule has 1 rings (SSSR count). The molecule has 4 nitrogen and oxygen atoms in total. The van der Waals surface area contributed by atoms with E-state index in [0.29, 0.717) is 18.2 Å². The average molecular weight is 278 g/mol. The van der Waals surface area contributed by atoms with Crippen molar-refractivity contribution in [3.63, 3.8) is 0 Å². The van der Waals surface area contributed by atoms with E-state index in [1.165, 1.54) is 7.11 Å². The number of aromatic nitrogens is 1. The zero-order valence-corrected chi connectivity index (χ0v) is 13.6. The predicted octanol–water partition coefficient (Wildman–Crippen LogP) is 4.16. The first-order valence-electron chi connectivity index (χ1n) is 6.26. The molecule has 0 unspecified atom stereocenters. The molecule has 0 amide bonds. The topological polar surface area (TPSA) is 35.7 Å². The van der Waals surface area contributed by atoms with Gasteiger partial charge in [0.05, 0.1) is 13.7 Å². The summed E-state index contributed by atoms with van der Waals surface area (Å²) < 4.78 is 11.2. The Balaban J connectivity index is 2.83. The molecule has 0 spiro atoms. The predicted molar refractivity (Wildman–Crippen MR) is 79.0 cm³/mol. The fourth-order valence-electron chi connectivity index (χ4n) is 1.27. The highest BCUT2D eigenvalue weighted by molar-refractivity contribution is 6.74. The number of hydrogen-bond acceptors (Lipinski definition) is 3. The van der Waals surface area contributed by atoms with Gasteiger partial charge in [-0.1, -0.05) is 27.3 Å². The molecule has 0 aliphatic carbocycles. The summed E-state index contributed by atoms with van der Waals surface area (Å²) in [6, 6.07) is 3.62. The molecular formula is C14H22N2O2Si. The van der Waals surface area contributed by atoms with Crippen LogP contribution in [0.15, 0.2) is 12.1 Å².